The highest BCUT2D eigenvalue weighted by Gasteiger charge is 2.23. The summed E-state index contributed by atoms with van der Waals surface area (Å²) < 4.78 is 5.63. The Bertz CT molecular complexity index is 1530. The summed E-state index contributed by atoms with van der Waals surface area (Å²) in [5.74, 6) is -0.384. The van der Waals surface area contributed by atoms with Crippen LogP contribution in [0, 0.1) is 0 Å². The van der Waals surface area contributed by atoms with Crippen LogP contribution in [-0.4, -0.2) is 40.8 Å². The van der Waals surface area contributed by atoms with Crippen LogP contribution in [0.3, 0.4) is 0 Å². The summed E-state index contributed by atoms with van der Waals surface area (Å²) in [5.41, 5.74) is 7.70. The molecule has 36 heavy (non-hydrogen) atoms. The number of carbonyl (C=O) groups excluding carboxylic acids is 1. The van der Waals surface area contributed by atoms with E-state index in [0.29, 0.717) is 5.75 Å². The topological polar surface area (TPSA) is 95.5 Å². The van der Waals surface area contributed by atoms with Gasteiger partial charge < -0.3 is 14.7 Å². The van der Waals surface area contributed by atoms with E-state index in [0.717, 1.165) is 62.5 Å². The Morgan fingerprint density at radius 2 is 1.83 bits per heavy atom. The van der Waals surface area contributed by atoms with E-state index in [-0.39, 0.29) is 12.5 Å². The summed E-state index contributed by atoms with van der Waals surface area (Å²) in [4.78, 5) is 24.8. The van der Waals surface area contributed by atoms with Gasteiger partial charge in [-0.1, -0.05) is 43.3 Å². The number of ether oxygens (including phenoxy) is 1. The largest absolute Gasteiger partial charge is 0.482 e. The van der Waals surface area contributed by atoms with Gasteiger partial charge in [0, 0.05) is 18.5 Å². The number of carbonyl (C=O) groups is 2. The highest BCUT2D eigenvalue weighted by atomic mass is 16.5. The monoisotopic (exact) mass is 479 g/mol. The second-order valence-corrected chi connectivity index (χ2v) is 8.60. The maximum absolute atomic E-state index is 12.2. The molecule has 1 aliphatic rings. The number of nitrogens with zero attached hydrogens (tertiary/aromatic N) is 2. The zero-order chi connectivity index (χ0) is 25.2. The third-order valence-electron chi connectivity index (χ3n) is 6.40. The van der Waals surface area contributed by atoms with Gasteiger partial charge in [0.1, 0.15) is 5.75 Å². The van der Waals surface area contributed by atoms with Gasteiger partial charge in [-0.05, 0) is 70.2 Å². The molecule has 0 saturated heterocycles. The van der Waals surface area contributed by atoms with E-state index >= 15 is 0 Å². The lowest BCUT2D eigenvalue weighted by atomic mass is 9.87. The molecule has 0 saturated carbocycles. The Morgan fingerprint density at radius 3 is 2.58 bits per heavy atom. The first kappa shape index (κ1) is 23.1. The molecule has 180 valence electrons. The number of aromatic nitrogens is 2. The van der Waals surface area contributed by atoms with Gasteiger partial charge >= 0.3 is 5.97 Å². The highest BCUT2D eigenvalue weighted by Crippen LogP contribution is 2.39. The molecule has 2 N–H and O–H groups in total. The van der Waals surface area contributed by atoms with Gasteiger partial charge in [-0.15, -0.1) is 0 Å². The molecule has 1 amide bonds. The molecule has 5 rings (SSSR count). The molecular formula is C29H25N3O4. The molecule has 0 bridgehead atoms. The van der Waals surface area contributed by atoms with Crippen LogP contribution in [0.1, 0.15) is 35.6 Å². The molecular weight excluding hydrogens is 454 g/mol. The predicted molar refractivity (Wildman–Crippen MR) is 141 cm³/mol. The maximum Gasteiger partial charge on any atom is 0.328 e. The molecule has 3 aromatic carbocycles. The third-order valence-corrected chi connectivity index (χ3v) is 6.40. The van der Waals surface area contributed by atoms with Crippen LogP contribution in [0.5, 0.6) is 5.75 Å². The molecule has 7 nitrogen and oxygen atoms in total. The van der Waals surface area contributed by atoms with Crippen LogP contribution >= 0.6 is 0 Å². The first-order chi connectivity index (χ1) is 17.4. The van der Waals surface area contributed by atoms with Crippen molar-refractivity contribution in [1.82, 2.24) is 10.2 Å². The number of fused-ring (bicyclic) bond motifs is 2. The molecule has 0 fully saturated rings. The van der Waals surface area contributed by atoms with Crippen LogP contribution < -0.4 is 9.64 Å². The first-order valence-electron chi connectivity index (χ1n) is 11.7. The zero-order valence-electron chi connectivity index (χ0n) is 20.0. The Labute approximate surface area is 208 Å². The van der Waals surface area contributed by atoms with E-state index in [9.17, 15) is 9.59 Å². The van der Waals surface area contributed by atoms with Crippen molar-refractivity contribution in [2.24, 2.45) is 0 Å². The van der Waals surface area contributed by atoms with Gasteiger partial charge in [0.25, 0.3) is 5.91 Å². The number of anilines is 1. The molecule has 4 aromatic rings. The minimum atomic E-state index is -0.985. The van der Waals surface area contributed by atoms with Crippen LogP contribution in [0.2, 0.25) is 0 Å². The molecule has 0 atom stereocenters. The van der Waals surface area contributed by atoms with Crippen molar-refractivity contribution in [1.29, 1.82) is 0 Å². The number of carboxylic acids is 1. The summed E-state index contributed by atoms with van der Waals surface area (Å²) in [6.07, 6.45) is 5.25. The Hall–Kier alpha value is -4.65. The second kappa shape index (κ2) is 9.54. The number of amides is 1. The van der Waals surface area contributed by atoms with E-state index in [1.165, 1.54) is 0 Å². The Balaban J connectivity index is 1.69. The standard InChI is InChI=1S/C29H25N3O4/c1-3-23(20-10-12-26-25(15-20)32(2)27(33)17-36-26)29(21-9-11-24-22(14-21)16-30-31-24)19-7-4-18(5-8-19)6-13-28(34)35/h4-16H,3,17H2,1-2H3,(H,30,31)(H,34,35)/b13-6+,29-23+. The van der Waals surface area contributed by atoms with Crippen LogP contribution in [0.25, 0.3) is 28.1 Å². The summed E-state index contributed by atoms with van der Waals surface area (Å²) in [5, 5.41) is 17.1. The molecule has 1 aromatic heterocycles. The number of H-pyrrole nitrogens is 1. The molecule has 0 radical (unpaired) electrons. The molecule has 7 heteroatoms. The molecule has 0 unspecified atom stereocenters. The number of allylic oxidation sites excluding steroid dienone is 1. The Kier molecular flexibility index (Phi) is 6.12. The van der Waals surface area contributed by atoms with E-state index < -0.39 is 5.97 Å². The quantitative estimate of drug-likeness (QED) is 0.286. The summed E-state index contributed by atoms with van der Waals surface area (Å²) in [7, 11) is 1.76. The van der Waals surface area contributed by atoms with Crippen molar-refractivity contribution in [3.05, 3.63) is 95.2 Å². The summed E-state index contributed by atoms with van der Waals surface area (Å²) in [6.45, 7) is 2.15. The SMILES string of the molecule is CC/C(=C(/c1ccc(/C=C/C(=O)O)cc1)c1ccc2[nH]ncc2c1)c1ccc2c(c1)N(C)C(=O)CO2. The van der Waals surface area contributed by atoms with Gasteiger partial charge in [-0.25, -0.2) is 4.79 Å². The van der Waals surface area contributed by atoms with Crippen LogP contribution in [0.15, 0.2) is 72.9 Å². The fourth-order valence-electron chi connectivity index (χ4n) is 4.53. The number of likely N-dealkylation sites (N-methyl/N-ethyl adjacent to an activating group) is 1. The maximum atomic E-state index is 12.2. The van der Waals surface area contributed by atoms with Crippen molar-refractivity contribution in [3.8, 4) is 5.75 Å². The smallest absolute Gasteiger partial charge is 0.328 e. The van der Waals surface area contributed by atoms with Crippen molar-refractivity contribution in [2.75, 3.05) is 18.6 Å². The van der Waals surface area contributed by atoms with E-state index in [4.69, 9.17) is 9.84 Å². The predicted octanol–water partition coefficient (Wildman–Crippen LogP) is 5.39. The number of benzene rings is 3. The van der Waals surface area contributed by atoms with Crippen molar-refractivity contribution in [3.63, 3.8) is 0 Å². The number of nitrogens with one attached hydrogen (secondary N) is 1. The van der Waals surface area contributed by atoms with E-state index in [1.807, 2.05) is 48.5 Å². The van der Waals surface area contributed by atoms with Gasteiger partial charge in [-0.3, -0.25) is 9.89 Å². The lowest BCUT2D eigenvalue weighted by Crippen LogP contribution is -2.35. The number of aromatic amines is 1. The number of aliphatic carboxylic acids is 1. The van der Waals surface area contributed by atoms with Gasteiger partial charge in [-0.2, -0.15) is 5.10 Å². The number of carboxylic acid groups (broad SMARTS) is 1. The fraction of sp³-hybridized carbons (Fsp3) is 0.138. The van der Waals surface area contributed by atoms with Gasteiger partial charge in [0.15, 0.2) is 6.61 Å². The van der Waals surface area contributed by atoms with Crippen LogP contribution in [0.4, 0.5) is 5.69 Å². The zero-order valence-corrected chi connectivity index (χ0v) is 20.0. The van der Waals surface area contributed by atoms with Crippen LogP contribution in [-0.2, 0) is 9.59 Å². The highest BCUT2D eigenvalue weighted by molar-refractivity contribution is 6.02. The molecule has 1 aliphatic heterocycles. The lowest BCUT2D eigenvalue weighted by molar-refractivity contribution is -0.131. The number of rotatable bonds is 6. The second-order valence-electron chi connectivity index (χ2n) is 8.60. The lowest BCUT2D eigenvalue weighted by Gasteiger charge is -2.27. The van der Waals surface area contributed by atoms with Gasteiger partial charge in [0.2, 0.25) is 0 Å². The minimum absolute atomic E-state index is 0.0396. The van der Waals surface area contributed by atoms with Crippen molar-refractivity contribution >= 4 is 45.7 Å². The Morgan fingerprint density at radius 1 is 1.08 bits per heavy atom. The summed E-state index contributed by atoms with van der Waals surface area (Å²) >= 11 is 0. The first-order valence-corrected chi connectivity index (χ1v) is 11.7. The van der Waals surface area contributed by atoms with Crippen molar-refractivity contribution < 1.29 is 19.4 Å². The number of hydrogen-bond acceptors (Lipinski definition) is 4. The van der Waals surface area contributed by atoms with Gasteiger partial charge in [0.05, 0.1) is 17.4 Å². The minimum Gasteiger partial charge on any atom is -0.482 e. The molecule has 2 heterocycles. The third kappa shape index (κ3) is 4.38. The van der Waals surface area contributed by atoms with E-state index in [1.54, 1.807) is 24.2 Å². The molecule has 0 aliphatic carbocycles. The summed E-state index contributed by atoms with van der Waals surface area (Å²) in [6, 6.07) is 20.0. The fourth-order valence-corrected chi connectivity index (χ4v) is 4.53. The average Bonchev–Trinajstić information content (AvgIpc) is 3.36. The molecule has 0 spiro atoms. The normalized spacial score (nSPS) is 14.1. The number of hydrogen-bond donors (Lipinski definition) is 2. The van der Waals surface area contributed by atoms with E-state index in [2.05, 4.69) is 29.3 Å². The average molecular weight is 480 g/mol. The van der Waals surface area contributed by atoms with Crippen molar-refractivity contribution in [2.45, 2.75) is 13.3 Å².